The van der Waals surface area contributed by atoms with Crippen LogP contribution in [0.25, 0.3) is 11.1 Å². The Morgan fingerprint density at radius 3 is 2.13 bits per heavy atom. The number of hydrogen-bond donors (Lipinski definition) is 1. The minimum absolute atomic E-state index is 0.332. The highest BCUT2D eigenvalue weighted by molar-refractivity contribution is 6.31. The molecule has 1 amide bonds. The number of carbonyl (C=O) groups is 2. The van der Waals surface area contributed by atoms with Gasteiger partial charge >= 0.3 is 5.97 Å². The van der Waals surface area contributed by atoms with Crippen LogP contribution >= 0.6 is 11.6 Å². The number of benzene rings is 3. The van der Waals surface area contributed by atoms with Crippen molar-refractivity contribution in [3.8, 4) is 17.2 Å². The molecule has 1 aliphatic heterocycles. The number of rotatable bonds is 4. The Bertz CT molecular complexity index is 1170. The standard InChI is InChI=1S/C25H19ClN2O3/c26-21-4-2-1-3-20(21)22-13-14-23(25(30)31)28(22)24(29)19-11-9-18(10-12-19)17-7-5-16(15-27)6-8-17/h1-12,22-23H,13-14H2,(H,30,31)/t22-,23+/m1/s1. The summed E-state index contributed by atoms with van der Waals surface area (Å²) >= 11 is 6.35. The number of carbonyl (C=O) groups excluding carboxylic acids is 1. The number of aliphatic carboxylic acids is 1. The Morgan fingerprint density at radius 1 is 0.935 bits per heavy atom. The van der Waals surface area contributed by atoms with Crippen LogP contribution in [-0.2, 0) is 4.79 Å². The van der Waals surface area contributed by atoms with Crippen LogP contribution in [-0.4, -0.2) is 27.9 Å². The predicted octanol–water partition coefficient (Wildman–Crippen LogP) is 5.31. The van der Waals surface area contributed by atoms with E-state index in [-0.39, 0.29) is 11.9 Å². The Labute approximate surface area is 185 Å². The highest BCUT2D eigenvalue weighted by Gasteiger charge is 2.42. The predicted molar refractivity (Wildman–Crippen MR) is 118 cm³/mol. The summed E-state index contributed by atoms with van der Waals surface area (Å²) in [7, 11) is 0. The number of amides is 1. The molecule has 31 heavy (non-hydrogen) atoms. The second-order valence-electron chi connectivity index (χ2n) is 7.45. The van der Waals surface area contributed by atoms with E-state index in [1.165, 1.54) is 4.90 Å². The minimum Gasteiger partial charge on any atom is -0.480 e. The zero-order valence-corrected chi connectivity index (χ0v) is 17.3. The molecule has 1 heterocycles. The Morgan fingerprint density at radius 2 is 1.55 bits per heavy atom. The summed E-state index contributed by atoms with van der Waals surface area (Å²) < 4.78 is 0. The maximum atomic E-state index is 13.4. The zero-order valence-electron chi connectivity index (χ0n) is 16.5. The van der Waals surface area contributed by atoms with Gasteiger partial charge in [0.1, 0.15) is 6.04 Å². The number of nitrogens with zero attached hydrogens (tertiary/aromatic N) is 2. The summed E-state index contributed by atoms with van der Waals surface area (Å²) in [5, 5.41) is 19.2. The van der Waals surface area contributed by atoms with Crippen LogP contribution in [0.5, 0.6) is 0 Å². The van der Waals surface area contributed by atoms with Gasteiger partial charge in [-0.15, -0.1) is 0 Å². The molecule has 0 saturated carbocycles. The van der Waals surface area contributed by atoms with E-state index < -0.39 is 12.0 Å². The number of carboxylic acid groups (broad SMARTS) is 1. The average molecular weight is 431 g/mol. The van der Waals surface area contributed by atoms with E-state index >= 15 is 0 Å². The molecule has 0 unspecified atom stereocenters. The van der Waals surface area contributed by atoms with Crippen molar-refractivity contribution < 1.29 is 14.7 Å². The maximum absolute atomic E-state index is 13.4. The van der Waals surface area contributed by atoms with Gasteiger partial charge in [-0.2, -0.15) is 5.26 Å². The van der Waals surface area contributed by atoms with Crippen LogP contribution in [0.1, 0.15) is 40.4 Å². The van der Waals surface area contributed by atoms with Gasteiger partial charge in [-0.05, 0) is 59.9 Å². The number of likely N-dealkylation sites (tertiary alicyclic amines) is 1. The smallest absolute Gasteiger partial charge is 0.326 e. The van der Waals surface area contributed by atoms with Gasteiger partial charge in [0.25, 0.3) is 5.91 Å². The van der Waals surface area contributed by atoms with E-state index in [2.05, 4.69) is 6.07 Å². The van der Waals surface area contributed by atoms with Crippen molar-refractivity contribution in [1.29, 1.82) is 5.26 Å². The van der Waals surface area contributed by atoms with Gasteiger partial charge in [-0.3, -0.25) is 4.79 Å². The number of nitriles is 1. The second-order valence-corrected chi connectivity index (χ2v) is 7.85. The zero-order chi connectivity index (χ0) is 22.0. The normalized spacial score (nSPS) is 17.9. The van der Waals surface area contributed by atoms with Crippen molar-refractivity contribution in [3.05, 3.63) is 94.5 Å². The van der Waals surface area contributed by atoms with Gasteiger partial charge < -0.3 is 10.0 Å². The summed E-state index contributed by atoms with van der Waals surface area (Å²) in [6.07, 6.45) is 0.913. The molecule has 1 N–H and O–H groups in total. The fraction of sp³-hybridized carbons (Fsp3) is 0.160. The van der Waals surface area contributed by atoms with Gasteiger partial charge in [0.05, 0.1) is 17.7 Å². The molecule has 0 bridgehead atoms. The quantitative estimate of drug-likeness (QED) is 0.608. The third-order valence-electron chi connectivity index (χ3n) is 5.65. The van der Waals surface area contributed by atoms with E-state index in [0.29, 0.717) is 29.0 Å². The molecule has 1 saturated heterocycles. The molecule has 3 aromatic rings. The van der Waals surface area contributed by atoms with Crippen molar-refractivity contribution in [3.63, 3.8) is 0 Å². The first-order chi connectivity index (χ1) is 15.0. The number of halogens is 1. The van der Waals surface area contributed by atoms with Crippen molar-refractivity contribution in [2.75, 3.05) is 0 Å². The van der Waals surface area contributed by atoms with Crippen molar-refractivity contribution in [1.82, 2.24) is 4.90 Å². The molecule has 0 radical (unpaired) electrons. The molecule has 154 valence electrons. The summed E-state index contributed by atoms with van der Waals surface area (Å²) in [6, 6.07) is 22.3. The molecule has 0 aromatic heterocycles. The summed E-state index contributed by atoms with van der Waals surface area (Å²) in [6.45, 7) is 0. The van der Waals surface area contributed by atoms with Crippen LogP contribution in [0.3, 0.4) is 0 Å². The van der Waals surface area contributed by atoms with Gasteiger partial charge in [0.15, 0.2) is 0 Å². The third-order valence-corrected chi connectivity index (χ3v) is 5.99. The van der Waals surface area contributed by atoms with Crippen LogP contribution in [0, 0.1) is 11.3 Å². The number of hydrogen-bond acceptors (Lipinski definition) is 3. The highest BCUT2D eigenvalue weighted by atomic mass is 35.5. The van der Waals surface area contributed by atoms with Crippen molar-refractivity contribution in [2.45, 2.75) is 24.9 Å². The minimum atomic E-state index is -1.02. The molecule has 1 fully saturated rings. The maximum Gasteiger partial charge on any atom is 0.326 e. The van der Waals surface area contributed by atoms with Crippen molar-refractivity contribution >= 4 is 23.5 Å². The lowest BCUT2D eigenvalue weighted by atomic mass is 10.0. The van der Waals surface area contributed by atoms with Gasteiger partial charge in [-0.1, -0.05) is 54.1 Å². The Kier molecular flexibility index (Phi) is 5.75. The SMILES string of the molecule is N#Cc1ccc(-c2ccc(C(=O)N3[C@@H](c4ccccc4Cl)CC[C@H]3C(=O)O)cc2)cc1. The average Bonchev–Trinajstić information content (AvgIpc) is 3.24. The number of carboxylic acids is 1. The summed E-state index contributed by atoms with van der Waals surface area (Å²) in [5.74, 6) is -1.35. The molecule has 3 aromatic carbocycles. The fourth-order valence-electron chi connectivity index (χ4n) is 4.08. The molecule has 2 atom stereocenters. The lowest BCUT2D eigenvalue weighted by molar-refractivity contribution is -0.141. The van der Waals surface area contributed by atoms with E-state index in [9.17, 15) is 14.7 Å². The Balaban J connectivity index is 1.64. The second kappa shape index (κ2) is 8.63. The molecule has 0 spiro atoms. The van der Waals surface area contributed by atoms with Gasteiger partial charge in [0, 0.05) is 10.6 Å². The lowest BCUT2D eigenvalue weighted by Crippen LogP contribution is -2.41. The molecule has 6 heteroatoms. The van der Waals surface area contributed by atoms with E-state index in [1.807, 2.05) is 42.5 Å². The molecular formula is C25H19ClN2O3. The van der Waals surface area contributed by atoms with Gasteiger partial charge in [0.2, 0.25) is 0 Å². The van der Waals surface area contributed by atoms with Crippen LogP contribution in [0.15, 0.2) is 72.8 Å². The molecular weight excluding hydrogens is 412 g/mol. The third kappa shape index (κ3) is 4.03. The topological polar surface area (TPSA) is 81.4 Å². The summed E-state index contributed by atoms with van der Waals surface area (Å²) in [4.78, 5) is 26.7. The van der Waals surface area contributed by atoms with Gasteiger partial charge in [-0.25, -0.2) is 4.79 Å². The lowest BCUT2D eigenvalue weighted by Gasteiger charge is -2.29. The summed E-state index contributed by atoms with van der Waals surface area (Å²) in [5.41, 5.74) is 3.59. The molecule has 4 rings (SSSR count). The first-order valence-corrected chi connectivity index (χ1v) is 10.3. The van der Waals surface area contributed by atoms with Crippen LogP contribution in [0.2, 0.25) is 5.02 Å². The first kappa shape index (κ1) is 20.6. The van der Waals surface area contributed by atoms with E-state index in [1.54, 1.807) is 30.3 Å². The largest absolute Gasteiger partial charge is 0.480 e. The first-order valence-electron chi connectivity index (χ1n) is 9.90. The highest BCUT2D eigenvalue weighted by Crippen LogP contribution is 2.40. The van der Waals surface area contributed by atoms with E-state index in [0.717, 1.165) is 16.7 Å². The Hall–Kier alpha value is -3.62. The molecule has 0 aliphatic carbocycles. The van der Waals surface area contributed by atoms with Crippen LogP contribution in [0.4, 0.5) is 0 Å². The van der Waals surface area contributed by atoms with E-state index in [4.69, 9.17) is 16.9 Å². The van der Waals surface area contributed by atoms with Crippen molar-refractivity contribution in [2.24, 2.45) is 0 Å². The fourth-order valence-corrected chi connectivity index (χ4v) is 4.34. The molecule has 5 nitrogen and oxygen atoms in total. The van der Waals surface area contributed by atoms with Crippen LogP contribution < -0.4 is 0 Å². The molecule has 1 aliphatic rings. The monoisotopic (exact) mass is 430 g/mol.